The van der Waals surface area contributed by atoms with Crippen molar-refractivity contribution >= 4 is 11.6 Å². The van der Waals surface area contributed by atoms with E-state index in [1.54, 1.807) is 0 Å². The SMILES string of the molecule is CC(C)c1nc(NN)cc(NCC2(C3CC3)CC2)n1. The number of nitrogens with one attached hydrogen (secondary N) is 2. The van der Waals surface area contributed by atoms with E-state index in [0.29, 0.717) is 17.2 Å². The number of anilines is 2. The van der Waals surface area contributed by atoms with Crippen LogP contribution in [-0.4, -0.2) is 16.5 Å². The van der Waals surface area contributed by atoms with E-state index in [1.165, 1.54) is 25.7 Å². The maximum Gasteiger partial charge on any atom is 0.145 e. The van der Waals surface area contributed by atoms with E-state index in [4.69, 9.17) is 5.84 Å². The van der Waals surface area contributed by atoms with E-state index < -0.39 is 0 Å². The average Bonchev–Trinajstić information content (AvgIpc) is 3.28. The van der Waals surface area contributed by atoms with Crippen molar-refractivity contribution in [1.29, 1.82) is 0 Å². The molecule has 0 atom stereocenters. The van der Waals surface area contributed by atoms with Crippen molar-refractivity contribution in [2.75, 3.05) is 17.3 Å². The molecule has 1 aromatic heterocycles. The Bertz CT molecular complexity index is 463. The van der Waals surface area contributed by atoms with Crippen molar-refractivity contribution in [3.05, 3.63) is 11.9 Å². The molecular weight excluding hydrogens is 238 g/mol. The number of hydrazine groups is 1. The molecule has 0 radical (unpaired) electrons. The van der Waals surface area contributed by atoms with Crippen LogP contribution in [0.4, 0.5) is 11.6 Å². The van der Waals surface area contributed by atoms with Gasteiger partial charge in [0.25, 0.3) is 0 Å². The Kier molecular flexibility index (Phi) is 3.09. The van der Waals surface area contributed by atoms with Gasteiger partial charge in [0.2, 0.25) is 0 Å². The zero-order valence-electron chi connectivity index (χ0n) is 11.7. The van der Waals surface area contributed by atoms with Crippen molar-refractivity contribution < 1.29 is 0 Å². The summed E-state index contributed by atoms with van der Waals surface area (Å²) in [4.78, 5) is 8.95. The summed E-state index contributed by atoms with van der Waals surface area (Å²) in [5, 5.41) is 3.49. The molecule has 1 heterocycles. The zero-order chi connectivity index (χ0) is 13.5. The number of nitrogen functional groups attached to an aromatic ring is 1. The molecule has 2 fully saturated rings. The molecule has 5 nitrogen and oxygen atoms in total. The normalized spacial score (nSPS) is 20.4. The minimum Gasteiger partial charge on any atom is -0.369 e. The summed E-state index contributed by atoms with van der Waals surface area (Å²) in [7, 11) is 0. The van der Waals surface area contributed by atoms with Gasteiger partial charge in [-0.3, -0.25) is 0 Å². The van der Waals surface area contributed by atoms with Crippen LogP contribution in [0.2, 0.25) is 0 Å². The Hall–Kier alpha value is -1.36. The van der Waals surface area contributed by atoms with Gasteiger partial charge in [-0.1, -0.05) is 13.8 Å². The Labute approximate surface area is 114 Å². The number of nitrogens with two attached hydrogens (primary N) is 1. The van der Waals surface area contributed by atoms with Gasteiger partial charge in [0, 0.05) is 18.5 Å². The first-order valence-electron chi connectivity index (χ1n) is 7.22. The third-order valence-corrected chi connectivity index (χ3v) is 4.36. The van der Waals surface area contributed by atoms with Gasteiger partial charge in [-0.25, -0.2) is 15.8 Å². The van der Waals surface area contributed by atoms with Crippen LogP contribution >= 0.6 is 0 Å². The Morgan fingerprint density at radius 1 is 1.32 bits per heavy atom. The van der Waals surface area contributed by atoms with Gasteiger partial charge in [0.15, 0.2) is 0 Å². The van der Waals surface area contributed by atoms with E-state index in [9.17, 15) is 0 Å². The molecule has 3 rings (SSSR count). The quantitative estimate of drug-likeness (QED) is 0.542. The average molecular weight is 261 g/mol. The van der Waals surface area contributed by atoms with E-state index in [0.717, 1.165) is 24.1 Å². The van der Waals surface area contributed by atoms with Crippen LogP contribution in [0.3, 0.4) is 0 Å². The summed E-state index contributed by atoms with van der Waals surface area (Å²) in [6.45, 7) is 5.22. The molecule has 0 bridgehead atoms. The van der Waals surface area contributed by atoms with Crippen LogP contribution in [0.1, 0.15) is 51.3 Å². The largest absolute Gasteiger partial charge is 0.369 e. The van der Waals surface area contributed by atoms with Gasteiger partial charge < -0.3 is 10.7 Å². The standard InChI is InChI=1S/C14H23N5/c1-9(2)13-17-11(7-12(18-13)19-15)16-8-14(5-6-14)10-3-4-10/h7,9-10H,3-6,8,15H2,1-2H3,(H2,16,17,18,19). The van der Waals surface area contributed by atoms with Crippen LogP contribution in [-0.2, 0) is 0 Å². The third kappa shape index (κ3) is 2.66. The second kappa shape index (κ2) is 4.63. The molecule has 0 aromatic carbocycles. The van der Waals surface area contributed by atoms with Gasteiger partial charge in [-0.15, -0.1) is 0 Å². The predicted molar refractivity (Wildman–Crippen MR) is 76.8 cm³/mol. The molecule has 2 saturated carbocycles. The van der Waals surface area contributed by atoms with Crippen molar-refractivity contribution in [1.82, 2.24) is 9.97 Å². The molecule has 2 aliphatic carbocycles. The molecule has 0 spiro atoms. The molecule has 4 N–H and O–H groups in total. The fraction of sp³-hybridized carbons (Fsp3) is 0.714. The number of rotatable bonds is 6. The zero-order valence-corrected chi connectivity index (χ0v) is 11.7. The van der Waals surface area contributed by atoms with Gasteiger partial charge in [0.1, 0.15) is 17.5 Å². The molecule has 1 aromatic rings. The minimum atomic E-state index is 0.298. The highest BCUT2D eigenvalue weighted by Crippen LogP contribution is 2.61. The van der Waals surface area contributed by atoms with Crippen LogP contribution in [0.5, 0.6) is 0 Å². The first-order valence-corrected chi connectivity index (χ1v) is 7.22. The van der Waals surface area contributed by atoms with Crippen LogP contribution in [0, 0.1) is 11.3 Å². The van der Waals surface area contributed by atoms with Crippen LogP contribution < -0.4 is 16.6 Å². The summed E-state index contributed by atoms with van der Waals surface area (Å²) in [6, 6.07) is 1.88. The van der Waals surface area contributed by atoms with Crippen molar-refractivity contribution in [2.45, 2.75) is 45.4 Å². The topological polar surface area (TPSA) is 75.9 Å². The minimum absolute atomic E-state index is 0.298. The number of aromatic nitrogens is 2. The number of nitrogens with zero attached hydrogens (tertiary/aromatic N) is 2. The van der Waals surface area contributed by atoms with Crippen molar-refractivity contribution in [3.8, 4) is 0 Å². The maximum absolute atomic E-state index is 5.47. The van der Waals surface area contributed by atoms with Crippen molar-refractivity contribution in [3.63, 3.8) is 0 Å². The van der Waals surface area contributed by atoms with E-state index in [2.05, 4.69) is 34.6 Å². The van der Waals surface area contributed by atoms with Crippen LogP contribution in [0.25, 0.3) is 0 Å². The number of hydrogen-bond donors (Lipinski definition) is 3. The highest BCUT2D eigenvalue weighted by molar-refractivity contribution is 5.47. The van der Waals surface area contributed by atoms with Crippen molar-refractivity contribution in [2.24, 2.45) is 17.2 Å². The number of hydrogen-bond acceptors (Lipinski definition) is 5. The monoisotopic (exact) mass is 261 g/mol. The van der Waals surface area contributed by atoms with Gasteiger partial charge in [0.05, 0.1) is 0 Å². The van der Waals surface area contributed by atoms with E-state index in [1.807, 2.05) is 6.07 Å². The van der Waals surface area contributed by atoms with Gasteiger partial charge in [-0.2, -0.15) is 0 Å². The molecule has 0 unspecified atom stereocenters. The molecule has 104 valence electrons. The molecule has 0 saturated heterocycles. The lowest BCUT2D eigenvalue weighted by atomic mass is 10.0. The second-order valence-corrected chi connectivity index (χ2v) is 6.29. The fourth-order valence-corrected chi connectivity index (χ4v) is 2.74. The molecule has 19 heavy (non-hydrogen) atoms. The summed E-state index contributed by atoms with van der Waals surface area (Å²) in [5.41, 5.74) is 3.19. The van der Waals surface area contributed by atoms with Gasteiger partial charge >= 0.3 is 0 Å². The summed E-state index contributed by atoms with van der Waals surface area (Å²) in [6.07, 6.45) is 5.57. The lowest BCUT2D eigenvalue weighted by molar-refractivity contribution is 0.466. The Morgan fingerprint density at radius 3 is 2.53 bits per heavy atom. The lowest BCUT2D eigenvalue weighted by Crippen LogP contribution is -2.19. The molecule has 0 aliphatic heterocycles. The molecule has 0 amide bonds. The predicted octanol–water partition coefficient (Wildman–Crippen LogP) is 2.49. The molecular formula is C14H23N5. The lowest BCUT2D eigenvalue weighted by Gasteiger charge is -2.17. The Balaban J connectivity index is 1.70. The maximum atomic E-state index is 5.47. The molecule has 5 heteroatoms. The second-order valence-electron chi connectivity index (χ2n) is 6.29. The summed E-state index contributed by atoms with van der Waals surface area (Å²) >= 11 is 0. The summed E-state index contributed by atoms with van der Waals surface area (Å²) < 4.78 is 0. The summed E-state index contributed by atoms with van der Waals surface area (Å²) in [5.74, 6) is 9.12. The highest BCUT2D eigenvalue weighted by atomic mass is 15.3. The first kappa shape index (κ1) is 12.7. The third-order valence-electron chi connectivity index (χ3n) is 4.36. The fourth-order valence-electron chi connectivity index (χ4n) is 2.74. The Morgan fingerprint density at radius 2 is 2.00 bits per heavy atom. The first-order chi connectivity index (χ1) is 9.13. The highest BCUT2D eigenvalue weighted by Gasteiger charge is 2.53. The van der Waals surface area contributed by atoms with Gasteiger partial charge in [-0.05, 0) is 37.0 Å². The van der Waals surface area contributed by atoms with E-state index >= 15 is 0 Å². The smallest absolute Gasteiger partial charge is 0.145 e. The molecule has 2 aliphatic rings. The van der Waals surface area contributed by atoms with E-state index in [-0.39, 0.29) is 0 Å². The van der Waals surface area contributed by atoms with Crippen LogP contribution in [0.15, 0.2) is 6.07 Å².